The number of hydrogen-bond donors (Lipinski definition) is 1. The summed E-state index contributed by atoms with van der Waals surface area (Å²) >= 11 is 23.7. The van der Waals surface area contributed by atoms with Crippen molar-refractivity contribution in [3.05, 3.63) is 62.8 Å². The molecule has 0 atom stereocenters. The van der Waals surface area contributed by atoms with Crippen molar-refractivity contribution in [2.45, 2.75) is 6.54 Å². The number of anilines is 1. The summed E-state index contributed by atoms with van der Waals surface area (Å²) in [7, 11) is 0. The molecule has 3 nitrogen and oxygen atoms in total. The predicted octanol–water partition coefficient (Wildman–Crippen LogP) is 5.30. The van der Waals surface area contributed by atoms with Crippen LogP contribution in [0.5, 0.6) is 0 Å². The Morgan fingerprint density at radius 1 is 1.04 bits per heavy atom. The average molecular weight is 433 g/mol. The van der Waals surface area contributed by atoms with Gasteiger partial charge in [0.1, 0.15) is 5.82 Å². The predicted molar refractivity (Wildman–Crippen MR) is 111 cm³/mol. The van der Waals surface area contributed by atoms with Gasteiger partial charge < -0.3 is 10.2 Å². The first-order chi connectivity index (χ1) is 12.4. The molecule has 0 saturated carbocycles. The van der Waals surface area contributed by atoms with Gasteiger partial charge in [-0.1, -0.05) is 40.9 Å². The van der Waals surface area contributed by atoms with Crippen LogP contribution in [0, 0.1) is 5.82 Å². The number of piperazine rings is 1. The Bertz CT molecular complexity index is 790. The van der Waals surface area contributed by atoms with Crippen LogP contribution in [0.4, 0.5) is 10.1 Å². The molecule has 1 heterocycles. The van der Waals surface area contributed by atoms with E-state index < -0.39 is 0 Å². The van der Waals surface area contributed by atoms with Gasteiger partial charge in [0.2, 0.25) is 0 Å². The largest absolute Gasteiger partial charge is 0.346 e. The maximum absolute atomic E-state index is 13.9. The van der Waals surface area contributed by atoms with Crippen LogP contribution in [0.25, 0.3) is 0 Å². The fourth-order valence-corrected chi connectivity index (χ4v) is 3.77. The highest BCUT2D eigenvalue weighted by Crippen LogP contribution is 2.26. The van der Waals surface area contributed by atoms with Crippen molar-refractivity contribution in [3.8, 4) is 0 Å². The summed E-state index contributed by atoms with van der Waals surface area (Å²) in [5.41, 5.74) is 1.26. The standard InChI is InChI=1S/C18H17Cl3FN3S/c19-12-4-5-17(15(21)10-12)23-18(26)25-8-6-24(7-9-25)11-13-14(20)2-1-3-16(13)22/h1-5,10H,6-9,11H2,(H,23,26). The molecule has 1 aliphatic heterocycles. The van der Waals surface area contributed by atoms with Gasteiger partial charge >= 0.3 is 0 Å². The van der Waals surface area contributed by atoms with Crippen LogP contribution in [0.1, 0.15) is 5.56 Å². The number of rotatable bonds is 3. The highest BCUT2D eigenvalue weighted by Gasteiger charge is 2.21. The second-order valence-corrected chi connectivity index (χ2v) is 7.66. The number of hydrogen-bond acceptors (Lipinski definition) is 2. The Hall–Kier alpha value is -1.11. The molecule has 1 saturated heterocycles. The van der Waals surface area contributed by atoms with Crippen molar-refractivity contribution in [2.24, 2.45) is 0 Å². The van der Waals surface area contributed by atoms with E-state index in [0.29, 0.717) is 32.3 Å². The Balaban J connectivity index is 1.55. The van der Waals surface area contributed by atoms with Gasteiger partial charge in [-0.25, -0.2) is 4.39 Å². The summed E-state index contributed by atoms with van der Waals surface area (Å²) in [5.74, 6) is -0.269. The minimum atomic E-state index is -0.269. The van der Waals surface area contributed by atoms with Crippen LogP contribution in [0.2, 0.25) is 15.1 Å². The normalized spacial score (nSPS) is 15.2. The zero-order chi connectivity index (χ0) is 18.7. The average Bonchev–Trinajstić information content (AvgIpc) is 2.61. The molecular formula is C18H17Cl3FN3S. The van der Waals surface area contributed by atoms with Crippen LogP contribution in [-0.2, 0) is 6.54 Å². The first kappa shape index (κ1) is 19.6. The summed E-state index contributed by atoms with van der Waals surface area (Å²) in [6, 6.07) is 9.99. The molecule has 8 heteroatoms. The summed E-state index contributed by atoms with van der Waals surface area (Å²) in [5, 5.41) is 5.32. The number of benzene rings is 2. The molecular weight excluding hydrogens is 416 g/mol. The molecule has 1 N–H and O–H groups in total. The van der Waals surface area contributed by atoms with E-state index >= 15 is 0 Å². The fourth-order valence-electron chi connectivity index (χ4n) is 2.80. The van der Waals surface area contributed by atoms with E-state index in [9.17, 15) is 4.39 Å². The maximum atomic E-state index is 13.9. The van der Waals surface area contributed by atoms with Gasteiger partial charge in [0, 0.05) is 48.3 Å². The van der Waals surface area contributed by atoms with E-state index in [0.717, 1.165) is 31.9 Å². The van der Waals surface area contributed by atoms with Gasteiger partial charge in [0.05, 0.1) is 10.7 Å². The Morgan fingerprint density at radius 2 is 1.77 bits per heavy atom. The molecule has 0 radical (unpaired) electrons. The zero-order valence-electron chi connectivity index (χ0n) is 13.8. The highest BCUT2D eigenvalue weighted by atomic mass is 35.5. The number of nitrogens with one attached hydrogen (secondary N) is 1. The third-order valence-corrected chi connectivity index (χ3v) is 5.54. The molecule has 2 aromatic carbocycles. The van der Waals surface area contributed by atoms with Crippen molar-refractivity contribution in [3.63, 3.8) is 0 Å². The minimum Gasteiger partial charge on any atom is -0.346 e. The van der Waals surface area contributed by atoms with Crippen LogP contribution in [0.3, 0.4) is 0 Å². The third-order valence-electron chi connectivity index (χ3n) is 4.28. The second-order valence-electron chi connectivity index (χ2n) is 6.02. The van der Waals surface area contributed by atoms with E-state index in [1.54, 1.807) is 30.3 Å². The van der Waals surface area contributed by atoms with Gasteiger partial charge in [-0.3, -0.25) is 4.90 Å². The van der Waals surface area contributed by atoms with Crippen LogP contribution < -0.4 is 5.32 Å². The minimum absolute atomic E-state index is 0.269. The molecule has 0 aliphatic carbocycles. The molecule has 0 aromatic heterocycles. The molecule has 0 amide bonds. The summed E-state index contributed by atoms with van der Waals surface area (Å²) in [6.45, 7) is 3.50. The van der Waals surface area contributed by atoms with Crippen LogP contribution >= 0.6 is 47.0 Å². The van der Waals surface area contributed by atoms with Crippen molar-refractivity contribution in [1.82, 2.24) is 9.80 Å². The van der Waals surface area contributed by atoms with E-state index in [1.165, 1.54) is 6.07 Å². The topological polar surface area (TPSA) is 18.5 Å². The van der Waals surface area contributed by atoms with E-state index in [-0.39, 0.29) is 5.82 Å². The molecule has 3 rings (SSSR count). The molecule has 1 aliphatic rings. The number of thiocarbonyl (C=S) groups is 1. The summed E-state index contributed by atoms with van der Waals surface area (Å²) in [6.07, 6.45) is 0. The van der Waals surface area contributed by atoms with Gasteiger partial charge in [0.25, 0.3) is 0 Å². The number of nitrogens with zero attached hydrogens (tertiary/aromatic N) is 2. The molecule has 1 fully saturated rings. The van der Waals surface area contributed by atoms with Crippen molar-refractivity contribution < 1.29 is 4.39 Å². The molecule has 138 valence electrons. The quantitative estimate of drug-likeness (QED) is 0.663. The lowest BCUT2D eigenvalue weighted by Crippen LogP contribution is -2.49. The van der Waals surface area contributed by atoms with Crippen LogP contribution in [0.15, 0.2) is 36.4 Å². The van der Waals surface area contributed by atoms with E-state index in [2.05, 4.69) is 15.1 Å². The lowest BCUT2D eigenvalue weighted by molar-refractivity contribution is 0.175. The second kappa shape index (κ2) is 8.72. The first-order valence-corrected chi connectivity index (χ1v) is 9.64. The van der Waals surface area contributed by atoms with Gasteiger partial charge in [-0.05, 0) is 42.5 Å². The monoisotopic (exact) mass is 431 g/mol. The summed E-state index contributed by atoms with van der Waals surface area (Å²) in [4.78, 5) is 4.23. The Labute approximate surface area is 172 Å². The fraction of sp³-hybridized carbons (Fsp3) is 0.278. The third kappa shape index (κ3) is 4.78. The Morgan fingerprint density at radius 3 is 2.42 bits per heavy atom. The molecule has 2 aromatic rings. The molecule has 26 heavy (non-hydrogen) atoms. The lowest BCUT2D eigenvalue weighted by Gasteiger charge is -2.36. The lowest BCUT2D eigenvalue weighted by atomic mass is 10.2. The van der Waals surface area contributed by atoms with Crippen molar-refractivity contribution >= 4 is 57.8 Å². The maximum Gasteiger partial charge on any atom is 0.173 e. The van der Waals surface area contributed by atoms with Gasteiger partial charge in [-0.2, -0.15) is 0 Å². The van der Waals surface area contributed by atoms with E-state index in [1.807, 2.05) is 0 Å². The molecule has 0 unspecified atom stereocenters. The summed E-state index contributed by atoms with van der Waals surface area (Å²) < 4.78 is 13.9. The molecule has 0 bridgehead atoms. The van der Waals surface area contributed by atoms with Gasteiger partial charge in [-0.15, -0.1) is 0 Å². The van der Waals surface area contributed by atoms with Gasteiger partial charge in [0.15, 0.2) is 5.11 Å². The van der Waals surface area contributed by atoms with Crippen molar-refractivity contribution in [2.75, 3.05) is 31.5 Å². The number of halogens is 4. The first-order valence-electron chi connectivity index (χ1n) is 8.10. The zero-order valence-corrected chi connectivity index (χ0v) is 16.9. The molecule has 0 spiro atoms. The SMILES string of the molecule is Fc1cccc(Cl)c1CN1CCN(C(=S)Nc2ccc(Cl)cc2Cl)CC1. The Kier molecular flexibility index (Phi) is 6.59. The van der Waals surface area contributed by atoms with Crippen LogP contribution in [-0.4, -0.2) is 41.1 Å². The highest BCUT2D eigenvalue weighted by molar-refractivity contribution is 7.80. The van der Waals surface area contributed by atoms with E-state index in [4.69, 9.17) is 47.0 Å². The van der Waals surface area contributed by atoms with Crippen molar-refractivity contribution in [1.29, 1.82) is 0 Å². The smallest absolute Gasteiger partial charge is 0.173 e.